The van der Waals surface area contributed by atoms with Gasteiger partial charge in [0.2, 0.25) is 0 Å². The number of aromatic amines is 1. The van der Waals surface area contributed by atoms with Gasteiger partial charge in [-0.3, -0.25) is 9.59 Å². The molecule has 0 aliphatic rings. The maximum Gasteiger partial charge on any atom is 0.417 e. The lowest BCUT2D eigenvalue weighted by Crippen LogP contribution is -2.21. The van der Waals surface area contributed by atoms with Gasteiger partial charge in [-0.05, 0) is 30.3 Å². The van der Waals surface area contributed by atoms with E-state index in [1.54, 1.807) is 0 Å². The highest BCUT2D eigenvalue weighted by Gasteiger charge is 2.31. The summed E-state index contributed by atoms with van der Waals surface area (Å²) >= 11 is 0. The molecule has 2 N–H and O–H groups in total. The van der Waals surface area contributed by atoms with Crippen molar-refractivity contribution in [1.29, 1.82) is 0 Å². The van der Waals surface area contributed by atoms with Gasteiger partial charge in [-0.1, -0.05) is 0 Å². The molecule has 0 atom stereocenters. The smallest absolute Gasteiger partial charge is 0.417 e. The quantitative estimate of drug-likeness (QED) is 0.834. The summed E-state index contributed by atoms with van der Waals surface area (Å²) < 4.78 is 65.9. The molecule has 1 aromatic heterocycles. The summed E-state index contributed by atoms with van der Waals surface area (Å²) in [6, 6.07) is 4.89. The van der Waals surface area contributed by atoms with Crippen LogP contribution in [0, 0.1) is 0 Å². The molecule has 0 radical (unpaired) electrons. The van der Waals surface area contributed by atoms with E-state index in [0.717, 1.165) is 24.3 Å². The SMILES string of the molecule is O=C(Nc1cc(C(F)(F)F)c[nH]c1=O)c1ccc(OC(F)F)cc1. The second-order valence-corrected chi connectivity index (χ2v) is 4.49. The zero-order valence-corrected chi connectivity index (χ0v) is 11.7. The van der Waals surface area contributed by atoms with E-state index in [2.05, 4.69) is 4.74 Å². The van der Waals surface area contributed by atoms with Crippen LogP contribution in [-0.4, -0.2) is 17.5 Å². The van der Waals surface area contributed by atoms with Crippen LogP contribution < -0.4 is 15.6 Å². The van der Waals surface area contributed by atoms with Gasteiger partial charge in [0.25, 0.3) is 11.5 Å². The number of aromatic nitrogens is 1. The minimum absolute atomic E-state index is 0.0616. The van der Waals surface area contributed by atoms with Gasteiger partial charge >= 0.3 is 12.8 Å². The van der Waals surface area contributed by atoms with Crippen molar-refractivity contribution in [3.05, 3.63) is 58.0 Å². The Morgan fingerprint density at radius 2 is 1.79 bits per heavy atom. The van der Waals surface area contributed by atoms with Crippen LogP contribution in [0.15, 0.2) is 41.3 Å². The van der Waals surface area contributed by atoms with E-state index in [1.807, 2.05) is 10.3 Å². The Labute approximate surface area is 131 Å². The third kappa shape index (κ3) is 4.31. The molecule has 2 aromatic rings. The summed E-state index contributed by atoms with van der Waals surface area (Å²) in [7, 11) is 0. The molecule has 1 heterocycles. The molecule has 0 saturated carbocycles. The normalized spacial score (nSPS) is 11.4. The van der Waals surface area contributed by atoms with Gasteiger partial charge in [0.15, 0.2) is 0 Å². The lowest BCUT2D eigenvalue weighted by Gasteiger charge is -2.09. The van der Waals surface area contributed by atoms with E-state index < -0.39 is 35.5 Å². The number of amides is 1. The first-order valence-electron chi connectivity index (χ1n) is 6.33. The number of hydrogen-bond acceptors (Lipinski definition) is 3. The Morgan fingerprint density at radius 1 is 1.17 bits per heavy atom. The molecule has 1 aromatic carbocycles. The predicted octanol–water partition coefficient (Wildman–Crippen LogP) is 3.25. The molecular formula is C14H9F5N2O3. The number of H-pyrrole nitrogens is 1. The third-order valence-corrected chi connectivity index (χ3v) is 2.82. The van der Waals surface area contributed by atoms with Crippen molar-refractivity contribution in [2.75, 3.05) is 5.32 Å². The third-order valence-electron chi connectivity index (χ3n) is 2.82. The van der Waals surface area contributed by atoms with E-state index >= 15 is 0 Å². The molecule has 0 fully saturated rings. The summed E-state index contributed by atoms with van der Waals surface area (Å²) in [6.45, 7) is -3.03. The van der Waals surface area contributed by atoms with Gasteiger partial charge in [-0.15, -0.1) is 0 Å². The number of nitrogens with one attached hydrogen (secondary N) is 2. The predicted molar refractivity (Wildman–Crippen MR) is 73.1 cm³/mol. The summed E-state index contributed by atoms with van der Waals surface area (Å²) in [5.74, 6) is -1.08. The second-order valence-electron chi connectivity index (χ2n) is 4.49. The number of rotatable bonds is 4. The van der Waals surface area contributed by atoms with Crippen LogP contribution in [0.1, 0.15) is 15.9 Å². The molecule has 24 heavy (non-hydrogen) atoms. The van der Waals surface area contributed by atoms with Crippen LogP contribution in [0.4, 0.5) is 27.6 Å². The number of carbonyl (C=O) groups is 1. The molecule has 10 heteroatoms. The molecule has 2 rings (SSSR count). The Hall–Kier alpha value is -2.91. The monoisotopic (exact) mass is 348 g/mol. The zero-order valence-electron chi connectivity index (χ0n) is 11.7. The molecule has 5 nitrogen and oxygen atoms in total. The fourth-order valence-electron chi connectivity index (χ4n) is 1.72. The van der Waals surface area contributed by atoms with Gasteiger partial charge in [0.1, 0.15) is 11.4 Å². The van der Waals surface area contributed by atoms with Crippen molar-refractivity contribution in [2.24, 2.45) is 0 Å². The van der Waals surface area contributed by atoms with Crippen molar-refractivity contribution >= 4 is 11.6 Å². The van der Waals surface area contributed by atoms with Crippen molar-refractivity contribution in [1.82, 2.24) is 4.98 Å². The molecule has 0 spiro atoms. The van der Waals surface area contributed by atoms with E-state index in [4.69, 9.17) is 0 Å². The molecular weight excluding hydrogens is 339 g/mol. The van der Waals surface area contributed by atoms with Gasteiger partial charge in [0.05, 0.1) is 5.56 Å². The minimum atomic E-state index is -4.70. The zero-order chi connectivity index (χ0) is 17.9. The summed E-state index contributed by atoms with van der Waals surface area (Å²) in [6.07, 6.45) is -4.22. The van der Waals surface area contributed by atoms with Gasteiger partial charge in [-0.25, -0.2) is 0 Å². The van der Waals surface area contributed by atoms with Crippen molar-refractivity contribution < 1.29 is 31.5 Å². The second kappa shape index (κ2) is 6.69. The number of hydrogen-bond donors (Lipinski definition) is 2. The van der Waals surface area contributed by atoms with Gasteiger partial charge < -0.3 is 15.0 Å². The first-order chi connectivity index (χ1) is 11.2. The molecule has 1 amide bonds. The lowest BCUT2D eigenvalue weighted by molar-refractivity contribution is -0.137. The Balaban J connectivity index is 2.19. The number of ether oxygens (including phenoxy) is 1. The van der Waals surface area contributed by atoms with Crippen LogP contribution in [0.25, 0.3) is 0 Å². The summed E-state index contributed by atoms with van der Waals surface area (Å²) in [5.41, 5.74) is -2.72. The number of benzene rings is 1. The maximum atomic E-state index is 12.6. The number of halogens is 5. The fraction of sp³-hybridized carbons (Fsp3) is 0.143. The summed E-state index contributed by atoms with van der Waals surface area (Å²) in [4.78, 5) is 25.3. The van der Waals surface area contributed by atoms with Crippen LogP contribution in [0.5, 0.6) is 5.75 Å². The minimum Gasteiger partial charge on any atom is -0.435 e. The highest BCUT2D eigenvalue weighted by molar-refractivity contribution is 6.04. The molecule has 0 aliphatic heterocycles. The number of anilines is 1. The van der Waals surface area contributed by atoms with Crippen LogP contribution >= 0.6 is 0 Å². The molecule has 128 valence electrons. The number of alkyl halides is 5. The Morgan fingerprint density at radius 3 is 2.33 bits per heavy atom. The van der Waals surface area contributed by atoms with Crippen molar-refractivity contribution in [2.45, 2.75) is 12.8 Å². The van der Waals surface area contributed by atoms with Crippen molar-refractivity contribution in [3.63, 3.8) is 0 Å². The van der Waals surface area contributed by atoms with Crippen LogP contribution in [0.2, 0.25) is 0 Å². The lowest BCUT2D eigenvalue weighted by atomic mass is 10.2. The van der Waals surface area contributed by atoms with Crippen LogP contribution in [-0.2, 0) is 6.18 Å². The molecule has 0 aliphatic carbocycles. The largest absolute Gasteiger partial charge is 0.435 e. The van der Waals surface area contributed by atoms with E-state index in [9.17, 15) is 31.5 Å². The first kappa shape index (κ1) is 17.4. The van der Waals surface area contributed by atoms with Gasteiger partial charge in [-0.2, -0.15) is 22.0 Å². The molecule has 0 saturated heterocycles. The van der Waals surface area contributed by atoms with E-state index in [0.29, 0.717) is 12.3 Å². The van der Waals surface area contributed by atoms with E-state index in [1.165, 1.54) is 0 Å². The first-order valence-corrected chi connectivity index (χ1v) is 6.33. The number of pyridine rings is 1. The van der Waals surface area contributed by atoms with Crippen LogP contribution in [0.3, 0.4) is 0 Å². The Kier molecular flexibility index (Phi) is 4.86. The molecule has 0 unspecified atom stereocenters. The van der Waals surface area contributed by atoms with E-state index in [-0.39, 0.29) is 11.3 Å². The molecule has 0 bridgehead atoms. The Bertz CT molecular complexity index is 784. The highest BCUT2D eigenvalue weighted by Crippen LogP contribution is 2.29. The average Bonchev–Trinajstić information content (AvgIpc) is 2.48. The number of carbonyl (C=O) groups excluding carboxylic acids is 1. The van der Waals surface area contributed by atoms with Crippen molar-refractivity contribution in [3.8, 4) is 5.75 Å². The highest BCUT2D eigenvalue weighted by atomic mass is 19.4. The average molecular weight is 348 g/mol. The standard InChI is InChI=1S/C14H9F5N2O3/c15-13(16)24-9-3-1-7(2-4-9)11(22)21-10-5-8(14(17,18)19)6-20-12(10)23/h1-6,13H,(H,20,23)(H,21,22). The summed E-state index contributed by atoms with van der Waals surface area (Å²) in [5, 5.41) is 2.03. The topological polar surface area (TPSA) is 71.2 Å². The maximum absolute atomic E-state index is 12.6. The fourth-order valence-corrected chi connectivity index (χ4v) is 1.72. The van der Waals surface area contributed by atoms with Gasteiger partial charge in [0, 0.05) is 11.8 Å².